The lowest BCUT2D eigenvalue weighted by molar-refractivity contribution is -0.114. The molecular weight excluding hydrogens is 354 g/mol. The summed E-state index contributed by atoms with van der Waals surface area (Å²) in [5.74, 6) is -0.150. The minimum absolute atomic E-state index is 0.151. The lowest BCUT2D eigenvalue weighted by Gasteiger charge is -2.11. The Morgan fingerprint density at radius 3 is 2.25 bits per heavy atom. The van der Waals surface area contributed by atoms with Crippen LogP contribution >= 0.6 is 0 Å². The molecule has 0 radical (unpaired) electrons. The van der Waals surface area contributed by atoms with Crippen LogP contribution in [0.5, 0.6) is 0 Å². The van der Waals surface area contributed by atoms with Crippen LogP contribution in [0, 0.1) is 13.8 Å². The Hall–Kier alpha value is -3.74. The number of rotatable bonds is 5. The van der Waals surface area contributed by atoms with Crippen LogP contribution in [-0.2, 0) is 4.79 Å². The highest BCUT2D eigenvalue weighted by Crippen LogP contribution is 2.21. The van der Waals surface area contributed by atoms with Crippen LogP contribution in [0.3, 0.4) is 0 Å². The van der Waals surface area contributed by atoms with Gasteiger partial charge in [0.05, 0.1) is 0 Å². The number of anilines is 4. The summed E-state index contributed by atoms with van der Waals surface area (Å²) >= 11 is 0. The normalized spacial score (nSPS) is 10.2. The number of nitrogens with zero attached hydrogens (tertiary/aromatic N) is 2. The highest BCUT2D eigenvalue weighted by Gasteiger charge is 2.10. The van der Waals surface area contributed by atoms with E-state index < -0.39 is 0 Å². The van der Waals surface area contributed by atoms with Crippen molar-refractivity contribution in [2.24, 2.45) is 0 Å². The van der Waals surface area contributed by atoms with Crippen molar-refractivity contribution in [2.45, 2.75) is 20.8 Å². The molecule has 0 saturated carbocycles. The SMILES string of the molecule is CC(=O)Nc1ccc(NC(=O)c2ccnc(Nc3cccc(C)c3C)n2)cc1. The number of hydrogen-bond donors (Lipinski definition) is 3. The van der Waals surface area contributed by atoms with Gasteiger partial charge in [-0.2, -0.15) is 0 Å². The van der Waals surface area contributed by atoms with E-state index in [1.165, 1.54) is 13.1 Å². The molecular formula is C21H21N5O2. The Morgan fingerprint density at radius 1 is 0.893 bits per heavy atom. The van der Waals surface area contributed by atoms with Crippen molar-refractivity contribution < 1.29 is 9.59 Å². The monoisotopic (exact) mass is 375 g/mol. The molecule has 7 heteroatoms. The van der Waals surface area contributed by atoms with Crippen LogP contribution in [0.25, 0.3) is 0 Å². The second-order valence-electron chi connectivity index (χ2n) is 6.35. The van der Waals surface area contributed by atoms with Crippen LogP contribution in [0.4, 0.5) is 23.0 Å². The first-order valence-corrected chi connectivity index (χ1v) is 8.77. The van der Waals surface area contributed by atoms with Crippen molar-refractivity contribution in [3.8, 4) is 0 Å². The van der Waals surface area contributed by atoms with E-state index >= 15 is 0 Å². The summed E-state index contributed by atoms with van der Waals surface area (Å²) in [6.45, 7) is 5.48. The molecule has 0 atom stereocenters. The van der Waals surface area contributed by atoms with Gasteiger partial charge in [0.25, 0.3) is 5.91 Å². The van der Waals surface area contributed by atoms with E-state index in [0.29, 0.717) is 17.3 Å². The van der Waals surface area contributed by atoms with Gasteiger partial charge in [-0.1, -0.05) is 12.1 Å². The zero-order valence-corrected chi connectivity index (χ0v) is 15.9. The van der Waals surface area contributed by atoms with Crippen molar-refractivity contribution in [3.63, 3.8) is 0 Å². The van der Waals surface area contributed by atoms with Gasteiger partial charge in [0, 0.05) is 30.2 Å². The molecule has 3 aromatic rings. The number of carbonyl (C=O) groups is 2. The number of amides is 2. The van der Waals surface area contributed by atoms with Crippen molar-refractivity contribution in [1.29, 1.82) is 0 Å². The highest BCUT2D eigenvalue weighted by molar-refractivity contribution is 6.03. The largest absolute Gasteiger partial charge is 0.326 e. The molecule has 0 aliphatic rings. The van der Waals surface area contributed by atoms with E-state index in [0.717, 1.165) is 16.8 Å². The van der Waals surface area contributed by atoms with Gasteiger partial charge in [-0.25, -0.2) is 9.97 Å². The summed E-state index contributed by atoms with van der Waals surface area (Å²) in [7, 11) is 0. The molecule has 0 aliphatic carbocycles. The highest BCUT2D eigenvalue weighted by atomic mass is 16.2. The average molecular weight is 375 g/mol. The maximum absolute atomic E-state index is 12.5. The predicted molar refractivity (Wildman–Crippen MR) is 110 cm³/mol. The van der Waals surface area contributed by atoms with Crippen molar-refractivity contribution in [1.82, 2.24) is 9.97 Å². The van der Waals surface area contributed by atoms with E-state index in [2.05, 4.69) is 25.9 Å². The average Bonchev–Trinajstić information content (AvgIpc) is 2.67. The van der Waals surface area contributed by atoms with E-state index in [-0.39, 0.29) is 17.5 Å². The van der Waals surface area contributed by atoms with Gasteiger partial charge in [0.15, 0.2) is 0 Å². The fourth-order valence-corrected chi connectivity index (χ4v) is 2.59. The molecule has 0 spiro atoms. The molecule has 0 bridgehead atoms. The molecule has 0 saturated heterocycles. The summed E-state index contributed by atoms with van der Waals surface area (Å²) in [6.07, 6.45) is 1.54. The van der Waals surface area contributed by atoms with E-state index in [9.17, 15) is 9.59 Å². The summed E-state index contributed by atoms with van der Waals surface area (Å²) in [5, 5.41) is 8.61. The smallest absolute Gasteiger partial charge is 0.274 e. The Bertz CT molecular complexity index is 1020. The zero-order chi connectivity index (χ0) is 20.1. The third-order valence-electron chi connectivity index (χ3n) is 4.20. The number of nitrogens with one attached hydrogen (secondary N) is 3. The quantitative estimate of drug-likeness (QED) is 0.625. The molecule has 142 valence electrons. The van der Waals surface area contributed by atoms with Crippen molar-refractivity contribution in [3.05, 3.63) is 71.5 Å². The van der Waals surface area contributed by atoms with Crippen LogP contribution < -0.4 is 16.0 Å². The van der Waals surface area contributed by atoms with Gasteiger partial charge in [-0.05, 0) is 61.4 Å². The van der Waals surface area contributed by atoms with Gasteiger partial charge in [-0.15, -0.1) is 0 Å². The molecule has 0 fully saturated rings. The molecule has 2 aromatic carbocycles. The van der Waals surface area contributed by atoms with Crippen molar-refractivity contribution in [2.75, 3.05) is 16.0 Å². The molecule has 3 rings (SSSR count). The number of benzene rings is 2. The van der Waals surface area contributed by atoms with E-state index in [4.69, 9.17) is 0 Å². The number of aryl methyl sites for hydroxylation is 1. The zero-order valence-electron chi connectivity index (χ0n) is 15.9. The first-order chi connectivity index (χ1) is 13.4. The maximum atomic E-state index is 12.5. The van der Waals surface area contributed by atoms with Crippen LogP contribution in [0.2, 0.25) is 0 Å². The van der Waals surface area contributed by atoms with Crippen molar-refractivity contribution >= 4 is 34.8 Å². The third-order valence-corrected chi connectivity index (χ3v) is 4.20. The topological polar surface area (TPSA) is 96.0 Å². The Balaban J connectivity index is 1.71. The number of hydrogen-bond acceptors (Lipinski definition) is 5. The first kappa shape index (κ1) is 19.0. The minimum Gasteiger partial charge on any atom is -0.326 e. The van der Waals surface area contributed by atoms with Crippen LogP contribution in [0.15, 0.2) is 54.7 Å². The standard InChI is InChI=1S/C21H21N5O2/c1-13-5-4-6-18(14(13)2)25-21-22-12-11-19(26-21)20(28)24-17-9-7-16(8-10-17)23-15(3)27/h4-12H,1-3H3,(H,23,27)(H,24,28)(H,22,25,26). The molecule has 1 aromatic heterocycles. The second kappa shape index (κ2) is 8.30. The first-order valence-electron chi connectivity index (χ1n) is 8.77. The Kier molecular flexibility index (Phi) is 5.64. The maximum Gasteiger partial charge on any atom is 0.274 e. The summed E-state index contributed by atoms with van der Waals surface area (Å²) < 4.78 is 0. The lowest BCUT2D eigenvalue weighted by Crippen LogP contribution is -2.15. The predicted octanol–water partition coefficient (Wildman–Crippen LogP) is 4.05. The van der Waals surface area contributed by atoms with Crippen LogP contribution in [0.1, 0.15) is 28.5 Å². The van der Waals surface area contributed by atoms with Gasteiger partial charge >= 0.3 is 0 Å². The van der Waals surface area contributed by atoms with Gasteiger partial charge in [-0.3, -0.25) is 9.59 Å². The lowest BCUT2D eigenvalue weighted by atomic mass is 10.1. The molecule has 2 amide bonds. The molecule has 1 heterocycles. The Morgan fingerprint density at radius 2 is 1.57 bits per heavy atom. The van der Waals surface area contributed by atoms with Gasteiger partial charge < -0.3 is 16.0 Å². The van der Waals surface area contributed by atoms with Crippen LogP contribution in [-0.4, -0.2) is 21.8 Å². The van der Waals surface area contributed by atoms with Gasteiger partial charge in [0.1, 0.15) is 5.69 Å². The second-order valence-corrected chi connectivity index (χ2v) is 6.35. The third kappa shape index (κ3) is 4.70. The molecule has 28 heavy (non-hydrogen) atoms. The number of aromatic nitrogens is 2. The summed E-state index contributed by atoms with van der Waals surface area (Å²) in [6, 6.07) is 14.3. The minimum atomic E-state index is -0.348. The molecule has 0 aliphatic heterocycles. The van der Waals surface area contributed by atoms with E-state index in [1.807, 2.05) is 32.0 Å². The van der Waals surface area contributed by atoms with Gasteiger partial charge in [0.2, 0.25) is 11.9 Å². The summed E-state index contributed by atoms with van der Waals surface area (Å²) in [4.78, 5) is 32.1. The summed E-state index contributed by atoms with van der Waals surface area (Å²) in [5.41, 5.74) is 4.65. The fraction of sp³-hybridized carbons (Fsp3) is 0.143. The van der Waals surface area contributed by atoms with E-state index in [1.54, 1.807) is 30.3 Å². The molecule has 0 unspecified atom stereocenters. The molecule has 7 nitrogen and oxygen atoms in total. The number of carbonyl (C=O) groups excluding carboxylic acids is 2. The fourth-order valence-electron chi connectivity index (χ4n) is 2.59. The molecule has 3 N–H and O–H groups in total. The Labute approximate surface area is 163 Å².